The van der Waals surface area contributed by atoms with Gasteiger partial charge in [-0.1, -0.05) is 6.58 Å². The SMILES string of the molecule is C=CS(=O)[O-].COC. The zero-order chi connectivity index (χ0) is 6.99. The van der Waals surface area contributed by atoms with Crippen LogP contribution < -0.4 is 0 Å². The van der Waals surface area contributed by atoms with Crippen LogP contribution in [0.5, 0.6) is 0 Å². The average Bonchev–Trinajstić information content (AvgIpc) is 1.69. The van der Waals surface area contributed by atoms with Gasteiger partial charge in [-0.3, -0.25) is 4.21 Å². The summed E-state index contributed by atoms with van der Waals surface area (Å²) in [6.45, 7) is 2.95. The molecule has 0 N–H and O–H groups in total. The Morgan fingerprint density at radius 1 is 1.75 bits per heavy atom. The second kappa shape index (κ2) is 9.94. The quantitative estimate of drug-likeness (QED) is 0.487. The van der Waals surface area contributed by atoms with Gasteiger partial charge in [-0.15, -0.1) is 0 Å². The standard InChI is InChI=1S/C2H4O2S.C2H6O/c1-2-5(3)4;1-3-2/h2H,1H2,(H,3,4);1-2H3/p-1. The van der Waals surface area contributed by atoms with Crippen molar-refractivity contribution in [1.82, 2.24) is 0 Å². The molecule has 4 heteroatoms. The van der Waals surface area contributed by atoms with Crippen LogP contribution in [0, 0.1) is 0 Å². The van der Waals surface area contributed by atoms with E-state index in [0.717, 1.165) is 5.41 Å². The summed E-state index contributed by atoms with van der Waals surface area (Å²) in [5.74, 6) is 0. The van der Waals surface area contributed by atoms with Gasteiger partial charge < -0.3 is 9.29 Å². The van der Waals surface area contributed by atoms with Gasteiger partial charge in [0.15, 0.2) is 0 Å². The Morgan fingerprint density at radius 2 is 1.88 bits per heavy atom. The number of methoxy groups -OCH3 is 1. The van der Waals surface area contributed by atoms with Gasteiger partial charge in [0, 0.05) is 14.2 Å². The fraction of sp³-hybridized carbons (Fsp3) is 0.500. The minimum absolute atomic E-state index is 0.833. The molecule has 0 aliphatic rings. The summed E-state index contributed by atoms with van der Waals surface area (Å²) in [5, 5.41) is 0.833. The molecule has 0 amide bonds. The Hall–Kier alpha value is -0.190. The highest BCUT2D eigenvalue weighted by Gasteiger charge is 1.51. The molecule has 0 aromatic rings. The molecule has 0 saturated carbocycles. The van der Waals surface area contributed by atoms with Crippen molar-refractivity contribution in [1.29, 1.82) is 0 Å². The Morgan fingerprint density at radius 3 is 1.88 bits per heavy atom. The van der Waals surface area contributed by atoms with Crippen LogP contribution in [0.4, 0.5) is 0 Å². The van der Waals surface area contributed by atoms with E-state index in [4.69, 9.17) is 0 Å². The summed E-state index contributed by atoms with van der Waals surface area (Å²) >= 11 is -2.06. The molecular weight excluding hydrogens is 128 g/mol. The van der Waals surface area contributed by atoms with E-state index in [0.29, 0.717) is 0 Å². The van der Waals surface area contributed by atoms with Gasteiger partial charge in [0.1, 0.15) is 0 Å². The van der Waals surface area contributed by atoms with E-state index < -0.39 is 11.1 Å². The first kappa shape index (κ1) is 10.7. The smallest absolute Gasteiger partial charge is 0.0351 e. The second-order valence-electron chi connectivity index (χ2n) is 0.835. The first-order valence-corrected chi connectivity index (χ1v) is 2.93. The van der Waals surface area contributed by atoms with Crippen molar-refractivity contribution in [2.75, 3.05) is 14.2 Å². The molecule has 0 aromatic heterocycles. The minimum Gasteiger partial charge on any atom is -0.769 e. The van der Waals surface area contributed by atoms with Gasteiger partial charge in [0.25, 0.3) is 0 Å². The van der Waals surface area contributed by atoms with Crippen molar-refractivity contribution >= 4 is 11.1 Å². The van der Waals surface area contributed by atoms with Gasteiger partial charge in [0.2, 0.25) is 0 Å². The van der Waals surface area contributed by atoms with E-state index in [-0.39, 0.29) is 0 Å². The maximum absolute atomic E-state index is 9.25. The van der Waals surface area contributed by atoms with Crippen LogP contribution in [-0.4, -0.2) is 23.0 Å². The Kier molecular flexibility index (Phi) is 13.3. The summed E-state index contributed by atoms with van der Waals surface area (Å²) in [7, 11) is 3.25. The van der Waals surface area contributed by atoms with Crippen LogP contribution in [0.1, 0.15) is 0 Å². The van der Waals surface area contributed by atoms with E-state index >= 15 is 0 Å². The van der Waals surface area contributed by atoms with Crippen LogP contribution in [0.15, 0.2) is 12.0 Å². The predicted molar refractivity (Wildman–Crippen MR) is 32.0 cm³/mol. The highest BCUT2D eigenvalue weighted by molar-refractivity contribution is 7.82. The van der Waals surface area contributed by atoms with Crippen molar-refractivity contribution < 1.29 is 13.5 Å². The van der Waals surface area contributed by atoms with E-state index in [1.165, 1.54) is 0 Å². The fourth-order valence-electron chi connectivity index (χ4n) is 0. The molecule has 1 atom stereocenters. The molecule has 0 radical (unpaired) electrons. The largest absolute Gasteiger partial charge is 0.769 e. The number of rotatable bonds is 1. The molecular formula is C4H9O3S-. The molecule has 0 spiro atoms. The topological polar surface area (TPSA) is 49.4 Å². The zero-order valence-electron chi connectivity index (χ0n) is 4.92. The molecule has 0 bridgehead atoms. The van der Waals surface area contributed by atoms with Crippen LogP contribution in [-0.2, 0) is 15.8 Å². The Labute approximate surface area is 51.6 Å². The Bertz CT molecular complexity index is 71.7. The summed E-state index contributed by atoms with van der Waals surface area (Å²) in [5.41, 5.74) is 0. The van der Waals surface area contributed by atoms with Crippen LogP contribution in [0.25, 0.3) is 0 Å². The molecule has 0 saturated heterocycles. The van der Waals surface area contributed by atoms with Crippen LogP contribution in [0.3, 0.4) is 0 Å². The lowest BCUT2D eigenvalue weighted by molar-refractivity contribution is 0.277. The first-order chi connectivity index (χ1) is 3.68. The molecule has 50 valence electrons. The third-order valence-corrected chi connectivity index (χ3v) is 0.408. The van der Waals surface area contributed by atoms with Crippen molar-refractivity contribution in [2.24, 2.45) is 0 Å². The zero-order valence-corrected chi connectivity index (χ0v) is 5.73. The minimum atomic E-state index is -2.06. The van der Waals surface area contributed by atoms with Gasteiger partial charge in [0.05, 0.1) is 0 Å². The normalized spacial score (nSPS) is 10.9. The average molecular weight is 137 g/mol. The van der Waals surface area contributed by atoms with E-state index in [9.17, 15) is 8.76 Å². The maximum atomic E-state index is 9.25. The monoisotopic (exact) mass is 137 g/mol. The number of hydrogen-bond donors (Lipinski definition) is 0. The lowest BCUT2D eigenvalue weighted by Crippen LogP contribution is -1.71. The van der Waals surface area contributed by atoms with Crippen LogP contribution in [0.2, 0.25) is 0 Å². The van der Waals surface area contributed by atoms with Gasteiger partial charge >= 0.3 is 0 Å². The summed E-state index contributed by atoms with van der Waals surface area (Å²) in [6.07, 6.45) is 0. The molecule has 0 aromatic carbocycles. The number of hydrogen-bond acceptors (Lipinski definition) is 3. The van der Waals surface area contributed by atoms with E-state index in [1.54, 1.807) is 14.2 Å². The maximum Gasteiger partial charge on any atom is 0.0351 e. The first-order valence-electron chi connectivity index (χ1n) is 1.79. The Balaban J connectivity index is 0. The lowest BCUT2D eigenvalue weighted by Gasteiger charge is -1.88. The predicted octanol–water partition coefficient (Wildman–Crippen LogP) is 0.272. The third kappa shape index (κ3) is 41.0. The number of ether oxygens (including phenoxy) is 1. The molecule has 1 unspecified atom stereocenters. The fourth-order valence-corrected chi connectivity index (χ4v) is 0. The lowest BCUT2D eigenvalue weighted by atomic mass is 11.3. The highest BCUT2D eigenvalue weighted by Crippen LogP contribution is 1.64. The molecule has 0 heterocycles. The third-order valence-electron chi connectivity index (χ3n) is 0.136. The molecule has 0 aliphatic carbocycles. The van der Waals surface area contributed by atoms with E-state index in [1.807, 2.05) is 0 Å². The second-order valence-corrected chi connectivity index (χ2v) is 1.69. The molecule has 8 heavy (non-hydrogen) atoms. The molecule has 3 nitrogen and oxygen atoms in total. The van der Waals surface area contributed by atoms with Crippen molar-refractivity contribution in [2.45, 2.75) is 0 Å². The summed E-state index contributed by atoms with van der Waals surface area (Å²) in [4.78, 5) is 0. The van der Waals surface area contributed by atoms with Crippen molar-refractivity contribution in [3.63, 3.8) is 0 Å². The van der Waals surface area contributed by atoms with E-state index in [2.05, 4.69) is 11.3 Å². The van der Waals surface area contributed by atoms with Gasteiger partial charge in [-0.05, 0) is 16.5 Å². The summed E-state index contributed by atoms with van der Waals surface area (Å²) < 4.78 is 22.8. The van der Waals surface area contributed by atoms with Gasteiger partial charge in [-0.25, -0.2) is 0 Å². The molecule has 0 fully saturated rings. The van der Waals surface area contributed by atoms with Crippen molar-refractivity contribution in [3.05, 3.63) is 12.0 Å². The molecule has 0 rings (SSSR count). The van der Waals surface area contributed by atoms with Crippen LogP contribution >= 0.6 is 0 Å². The molecule has 0 aliphatic heterocycles. The summed E-state index contributed by atoms with van der Waals surface area (Å²) in [6, 6.07) is 0. The highest BCUT2D eigenvalue weighted by atomic mass is 32.2. The van der Waals surface area contributed by atoms with Crippen molar-refractivity contribution in [3.8, 4) is 0 Å². The van der Waals surface area contributed by atoms with Gasteiger partial charge in [-0.2, -0.15) is 0 Å².